The highest BCUT2D eigenvalue weighted by molar-refractivity contribution is 5.75. The lowest BCUT2D eigenvalue weighted by atomic mass is 10.3. The van der Waals surface area contributed by atoms with Crippen molar-refractivity contribution in [2.45, 2.75) is 52.9 Å². The van der Waals surface area contributed by atoms with Crippen molar-refractivity contribution in [3.05, 3.63) is 24.0 Å². The SMILES string of the molecule is CC(C)NCc1ccn(CC(=O)NC(C)C)c1. The highest BCUT2D eigenvalue weighted by atomic mass is 16.2. The minimum absolute atomic E-state index is 0.0546. The fourth-order valence-corrected chi connectivity index (χ4v) is 1.55. The lowest BCUT2D eigenvalue weighted by Gasteiger charge is -2.09. The Bertz CT molecular complexity index is 355. The molecule has 0 atom stereocenters. The number of aromatic nitrogens is 1. The van der Waals surface area contributed by atoms with Gasteiger partial charge in [-0.1, -0.05) is 13.8 Å². The summed E-state index contributed by atoms with van der Waals surface area (Å²) in [6, 6.07) is 2.71. The monoisotopic (exact) mass is 237 g/mol. The molecule has 1 rings (SSSR count). The molecule has 0 unspecified atom stereocenters. The summed E-state index contributed by atoms with van der Waals surface area (Å²) >= 11 is 0. The number of nitrogens with one attached hydrogen (secondary N) is 2. The smallest absolute Gasteiger partial charge is 0.240 e. The molecule has 2 N–H and O–H groups in total. The molecule has 1 aromatic heterocycles. The Morgan fingerprint density at radius 3 is 2.59 bits per heavy atom. The van der Waals surface area contributed by atoms with Crippen molar-refractivity contribution in [2.75, 3.05) is 0 Å². The van der Waals surface area contributed by atoms with Crippen molar-refractivity contribution in [3.8, 4) is 0 Å². The molecule has 0 aliphatic rings. The average molecular weight is 237 g/mol. The maximum Gasteiger partial charge on any atom is 0.240 e. The molecule has 1 amide bonds. The molecule has 0 aromatic carbocycles. The molecule has 4 nitrogen and oxygen atoms in total. The number of hydrogen-bond donors (Lipinski definition) is 2. The number of rotatable bonds is 6. The van der Waals surface area contributed by atoms with Crippen LogP contribution >= 0.6 is 0 Å². The van der Waals surface area contributed by atoms with Gasteiger partial charge < -0.3 is 15.2 Å². The van der Waals surface area contributed by atoms with Gasteiger partial charge in [0.1, 0.15) is 6.54 Å². The predicted molar refractivity (Wildman–Crippen MR) is 69.7 cm³/mol. The zero-order chi connectivity index (χ0) is 12.8. The first-order valence-electron chi connectivity index (χ1n) is 6.14. The van der Waals surface area contributed by atoms with Gasteiger partial charge in [-0.3, -0.25) is 4.79 Å². The molecule has 0 radical (unpaired) electrons. The molecular formula is C13H23N3O. The first kappa shape index (κ1) is 13.8. The van der Waals surface area contributed by atoms with Gasteiger partial charge in [0.15, 0.2) is 0 Å². The third-order valence-corrected chi connectivity index (χ3v) is 2.30. The van der Waals surface area contributed by atoms with Gasteiger partial charge in [-0.2, -0.15) is 0 Å². The molecule has 0 saturated heterocycles. The summed E-state index contributed by atoms with van der Waals surface area (Å²) in [6.45, 7) is 9.40. The van der Waals surface area contributed by atoms with Crippen LogP contribution in [0.2, 0.25) is 0 Å². The normalized spacial score (nSPS) is 11.2. The zero-order valence-corrected chi connectivity index (χ0v) is 11.2. The third-order valence-electron chi connectivity index (χ3n) is 2.30. The van der Waals surface area contributed by atoms with Gasteiger partial charge in [0.2, 0.25) is 5.91 Å². The number of amides is 1. The Morgan fingerprint density at radius 2 is 2.00 bits per heavy atom. The molecular weight excluding hydrogens is 214 g/mol. The Hall–Kier alpha value is -1.29. The minimum Gasteiger partial charge on any atom is -0.352 e. The average Bonchev–Trinajstić information content (AvgIpc) is 2.61. The summed E-state index contributed by atoms with van der Waals surface area (Å²) in [5.41, 5.74) is 1.20. The first-order valence-corrected chi connectivity index (χ1v) is 6.14. The van der Waals surface area contributed by atoms with E-state index in [2.05, 4.69) is 24.5 Å². The lowest BCUT2D eigenvalue weighted by molar-refractivity contribution is -0.122. The van der Waals surface area contributed by atoms with Crippen molar-refractivity contribution in [1.82, 2.24) is 15.2 Å². The van der Waals surface area contributed by atoms with E-state index in [4.69, 9.17) is 0 Å². The molecule has 0 bridgehead atoms. The van der Waals surface area contributed by atoms with E-state index in [1.807, 2.05) is 36.9 Å². The number of hydrogen-bond acceptors (Lipinski definition) is 2. The van der Waals surface area contributed by atoms with Crippen LogP contribution in [-0.2, 0) is 17.9 Å². The molecule has 0 saturated carbocycles. The third kappa shape index (κ3) is 5.54. The van der Waals surface area contributed by atoms with Crippen molar-refractivity contribution in [1.29, 1.82) is 0 Å². The Morgan fingerprint density at radius 1 is 1.29 bits per heavy atom. The fourth-order valence-electron chi connectivity index (χ4n) is 1.55. The van der Waals surface area contributed by atoms with Crippen LogP contribution in [-0.4, -0.2) is 22.6 Å². The summed E-state index contributed by atoms with van der Waals surface area (Å²) in [6.07, 6.45) is 3.95. The van der Waals surface area contributed by atoms with Gasteiger partial charge >= 0.3 is 0 Å². The van der Waals surface area contributed by atoms with E-state index in [1.54, 1.807) is 0 Å². The molecule has 0 aliphatic heterocycles. The van der Waals surface area contributed by atoms with E-state index in [1.165, 1.54) is 5.56 Å². The lowest BCUT2D eigenvalue weighted by Crippen LogP contribution is -2.32. The summed E-state index contributed by atoms with van der Waals surface area (Å²) in [7, 11) is 0. The Labute approximate surface area is 103 Å². The van der Waals surface area contributed by atoms with Gasteiger partial charge in [0.25, 0.3) is 0 Å². The molecule has 1 aromatic rings. The molecule has 4 heteroatoms. The van der Waals surface area contributed by atoms with Crippen LogP contribution in [0, 0.1) is 0 Å². The topological polar surface area (TPSA) is 46.1 Å². The summed E-state index contributed by atoms with van der Waals surface area (Å²) in [5.74, 6) is 0.0546. The molecule has 1 heterocycles. The van der Waals surface area contributed by atoms with Gasteiger partial charge in [-0.05, 0) is 25.5 Å². The van der Waals surface area contributed by atoms with E-state index in [0.29, 0.717) is 12.6 Å². The minimum atomic E-state index is 0.0546. The van der Waals surface area contributed by atoms with Crippen LogP contribution in [0.3, 0.4) is 0 Å². The van der Waals surface area contributed by atoms with Crippen molar-refractivity contribution in [2.24, 2.45) is 0 Å². The second-order valence-corrected chi connectivity index (χ2v) is 4.95. The molecule has 0 aliphatic carbocycles. The second kappa shape index (κ2) is 6.45. The van der Waals surface area contributed by atoms with E-state index in [0.717, 1.165) is 6.54 Å². The summed E-state index contributed by atoms with van der Waals surface area (Å²) < 4.78 is 1.91. The Kier molecular flexibility index (Phi) is 5.22. The van der Waals surface area contributed by atoms with E-state index in [-0.39, 0.29) is 11.9 Å². The number of carbonyl (C=O) groups excluding carboxylic acids is 1. The molecule has 0 fully saturated rings. The molecule has 96 valence electrons. The van der Waals surface area contributed by atoms with Crippen molar-refractivity contribution >= 4 is 5.91 Å². The number of carbonyl (C=O) groups is 1. The largest absolute Gasteiger partial charge is 0.352 e. The number of nitrogens with zero attached hydrogens (tertiary/aromatic N) is 1. The molecule has 0 spiro atoms. The second-order valence-electron chi connectivity index (χ2n) is 4.95. The van der Waals surface area contributed by atoms with Crippen molar-refractivity contribution in [3.63, 3.8) is 0 Å². The Balaban J connectivity index is 2.42. The van der Waals surface area contributed by atoms with E-state index >= 15 is 0 Å². The van der Waals surface area contributed by atoms with Crippen LogP contribution in [0.15, 0.2) is 18.5 Å². The van der Waals surface area contributed by atoms with Gasteiger partial charge in [-0.25, -0.2) is 0 Å². The highest BCUT2D eigenvalue weighted by Crippen LogP contribution is 2.01. The molecule has 17 heavy (non-hydrogen) atoms. The van der Waals surface area contributed by atoms with Crippen LogP contribution in [0.4, 0.5) is 0 Å². The fraction of sp³-hybridized carbons (Fsp3) is 0.615. The van der Waals surface area contributed by atoms with Gasteiger partial charge in [0.05, 0.1) is 0 Å². The highest BCUT2D eigenvalue weighted by Gasteiger charge is 2.05. The summed E-state index contributed by atoms with van der Waals surface area (Å²) in [4.78, 5) is 11.6. The van der Waals surface area contributed by atoms with Crippen LogP contribution < -0.4 is 10.6 Å². The zero-order valence-electron chi connectivity index (χ0n) is 11.2. The standard InChI is InChI=1S/C13H23N3O/c1-10(2)14-7-12-5-6-16(8-12)9-13(17)15-11(3)4/h5-6,8,10-11,14H,7,9H2,1-4H3,(H,15,17). The summed E-state index contributed by atoms with van der Waals surface area (Å²) in [5, 5.41) is 6.22. The van der Waals surface area contributed by atoms with E-state index in [9.17, 15) is 4.79 Å². The van der Waals surface area contributed by atoms with Crippen LogP contribution in [0.25, 0.3) is 0 Å². The predicted octanol–water partition coefficient (Wildman–Crippen LogP) is 1.51. The van der Waals surface area contributed by atoms with Crippen molar-refractivity contribution < 1.29 is 4.79 Å². The first-order chi connectivity index (χ1) is 7.97. The van der Waals surface area contributed by atoms with Gasteiger partial charge in [-0.15, -0.1) is 0 Å². The maximum absolute atomic E-state index is 11.6. The van der Waals surface area contributed by atoms with E-state index < -0.39 is 0 Å². The van der Waals surface area contributed by atoms with Gasteiger partial charge in [0, 0.05) is 31.0 Å². The van der Waals surface area contributed by atoms with Crippen LogP contribution in [0.5, 0.6) is 0 Å². The maximum atomic E-state index is 11.6. The van der Waals surface area contributed by atoms with Crippen LogP contribution in [0.1, 0.15) is 33.3 Å². The quantitative estimate of drug-likeness (QED) is 0.788.